The molecule has 1 unspecified atom stereocenters. The van der Waals surface area contributed by atoms with Crippen LogP contribution in [0.2, 0.25) is 0 Å². The predicted octanol–water partition coefficient (Wildman–Crippen LogP) is 2.27. The number of benzene rings is 1. The molecule has 21 heavy (non-hydrogen) atoms. The highest BCUT2D eigenvalue weighted by Crippen LogP contribution is 2.41. The number of hydrogen-bond acceptors (Lipinski definition) is 2. The Morgan fingerprint density at radius 1 is 1.24 bits per heavy atom. The van der Waals surface area contributed by atoms with Gasteiger partial charge >= 0.3 is 0 Å². The number of rotatable bonds is 3. The highest BCUT2D eigenvalue weighted by molar-refractivity contribution is 6.04. The van der Waals surface area contributed by atoms with E-state index in [0.717, 1.165) is 24.9 Å². The lowest BCUT2D eigenvalue weighted by Gasteiger charge is -2.32. The Labute approximate surface area is 125 Å². The standard InChI is InChI=1S/C17H22N2O2/c1-3-12-4-8-14(9-5-12)19-11-10-15(20)18-17(2,16(19)21)13-6-7-13/h4-5,8-9,13H,3,6-7,10-11H2,1-2H3,(H,18,20). The Bertz CT molecular complexity index is 563. The summed E-state index contributed by atoms with van der Waals surface area (Å²) in [5.41, 5.74) is 1.40. The van der Waals surface area contributed by atoms with Crippen LogP contribution in [0.3, 0.4) is 0 Å². The molecule has 1 aliphatic heterocycles. The van der Waals surface area contributed by atoms with Gasteiger partial charge in [-0.15, -0.1) is 0 Å². The zero-order valence-electron chi connectivity index (χ0n) is 12.7. The molecule has 2 aliphatic rings. The molecule has 0 bridgehead atoms. The van der Waals surface area contributed by atoms with Gasteiger partial charge in [-0.25, -0.2) is 0 Å². The molecule has 1 saturated carbocycles. The second kappa shape index (κ2) is 5.17. The van der Waals surface area contributed by atoms with E-state index in [2.05, 4.69) is 24.4 Å². The Balaban J connectivity index is 1.92. The second-order valence-corrected chi connectivity index (χ2v) is 6.25. The number of amides is 2. The van der Waals surface area contributed by atoms with Crippen molar-refractivity contribution in [3.8, 4) is 0 Å². The molecular formula is C17H22N2O2. The van der Waals surface area contributed by atoms with E-state index >= 15 is 0 Å². The largest absolute Gasteiger partial charge is 0.342 e. The van der Waals surface area contributed by atoms with Crippen molar-refractivity contribution >= 4 is 17.5 Å². The zero-order chi connectivity index (χ0) is 15.0. The predicted molar refractivity (Wildman–Crippen MR) is 82.1 cm³/mol. The van der Waals surface area contributed by atoms with E-state index < -0.39 is 5.54 Å². The summed E-state index contributed by atoms with van der Waals surface area (Å²) in [6.45, 7) is 4.45. The van der Waals surface area contributed by atoms with Gasteiger partial charge in [0.05, 0.1) is 0 Å². The molecule has 0 aromatic heterocycles. The van der Waals surface area contributed by atoms with Gasteiger partial charge in [0.15, 0.2) is 0 Å². The smallest absolute Gasteiger partial charge is 0.252 e. The van der Waals surface area contributed by atoms with Gasteiger partial charge in [0.25, 0.3) is 5.91 Å². The molecule has 1 aliphatic carbocycles. The lowest BCUT2D eigenvalue weighted by atomic mass is 9.94. The molecule has 2 fully saturated rings. The van der Waals surface area contributed by atoms with Gasteiger partial charge in [0.1, 0.15) is 5.54 Å². The molecule has 1 atom stereocenters. The molecule has 1 heterocycles. The summed E-state index contributed by atoms with van der Waals surface area (Å²) in [7, 11) is 0. The first-order chi connectivity index (χ1) is 10.0. The molecule has 1 saturated heterocycles. The van der Waals surface area contributed by atoms with E-state index in [9.17, 15) is 9.59 Å². The summed E-state index contributed by atoms with van der Waals surface area (Å²) < 4.78 is 0. The van der Waals surface area contributed by atoms with E-state index in [0.29, 0.717) is 13.0 Å². The Hall–Kier alpha value is -1.84. The van der Waals surface area contributed by atoms with Crippen LogP contribution in [0.5, 0.6) is 0 Å². The van der Waals surface area contributed by atoms with Gasteiger partial charge in [-0.2, -0.15) is 0 Å². The van der Waals surface area contributed by atoms with Gasteiger partial charge in [0.2, 0.25) is 5.91 Å². The first kappa shape index (κ1) is 14.1. The summed E-state index contributed by atoms with van der Waals surface area (Å²) in [6.07, 6.45) is 3.38. The van der Waals surface area contributed by atoms with E-state index in [1.807, 2.05) is 19.1 Å². The zero-order valence-corrected chi connectivity index (χ0v) is 12.7. The molecule has 2 amide bonds. The molecule has 0 spiro atoms. The number of carbonyl (C=O) groups excluding carboxylic acids is 2. The summed E-state index contributed by atoms with van der Waals surface area (Å²) in [5, 5.41) is 2.96. The van der Waals surface area contributed by atoms with Crippen molar-refractivity contribution in [2.45, 2.75) is 45.1 Å². The van der Waals surface area contributed by atoms with Crippen molar-refractivity contribution in [2.75, 3.05) is 11.4 Å². The van der Waals surface area contributed by atoms with Crippen LogP contribution in [0.4, 0.5) is 5.69 Å². The number of aryl methyl sites for hydroxylation is 1. The van der Waals surface area contributed by atoms with Crippen molar-refractivity contribution in [3.63, 3.8) is 0 Å². The normalized spacial score (nSPS) is 26.5. The topological polar surface area (TPSA) is 49.4 Å². The van der Waals surface area contributed by atoms with Crippen LogP contribution in [-0.4, -0.2) is 23.9 Å². The van der Waals surface area contributed by atoms with Crippen molar-refractivity contribution in [1.29, 1.82) is 0 Å². The SMILES string of the molecule is CCc1ccc(N2CCC(=O)NC(C)(C3CC3)C2=O)cc1. The average molecular weight is 286 g/mol. The molecule has 4 nitrogen and oxygen atoms in total. The van der Waals surface area contributed by atoms with E-state index in [1.54, 1.807) is 4.90 Å². The summed E-state index contributed by atoms with van der Waals surface area (Å²) in [4.78, 5) is 26.7. The summed E-state index contributed by atoms with van der Waals surface area (Å²) in [6, 6.07) is 8.08. The number of hydrogen-bond donors (Lipinski definition) is 1. The highest BCUT2D eigenvalue weighted by Gasteiger charge is 2.51. The van der Waals surface area contributed by atoms with Crippen LogP contribution in [0, 0.1) is 5.92 Å². The molecular weight excluding hydrogens is 264 g/mol. The van der Waals surface area contributed by atoms with E-state index in [-0.39, 0.29) is 17.7 Å². The minimum Gasteiger partial charge on any atom is -0.342 e. The molecule has 112 valence electrons. The lowest BCUT2D eigenvalue weighted by molar-refractivity contribution is -0.130. The monoisotopic (exact) mass is 286 g/mol. The van der Waals surface area contributed by atoms with Gasteiger partial charge in [0, 0.05) is 18.7 Å². The van der Waals surface area contributed by atoms with Crippen LogP contribution >= 0.6 is 0 Å². The number of nitrogens with one attached hydrogen (secondary N) is 1. The quantitative estimate of drug-likeness (QED) is 0.926. The van der Waals surface area contributed by atoms with Crippen LogP contribution < -0.4 is 10.2 Å². The highest BCUT2D eigenvalue weighted by atomic mass is 16.2. The average Bonchev–Trinajstić information content (AvgIpc) is 3.32. The van der Waals surface area contributed by atoms with Crippen LogP contribution in [0.1, 0.15) is 38.7 Å². The van der Waals surface area contributed by atoms with E-state index in [4.69, 9.17) is 0 Å². The third kappa shape index (κ3) is 2.55. The lowest BCUT2D eigenvalue weighted by Crippen LogP contribution is -2.56. The van der Waals surface area contributed by atoms with Crippen LogP contribution in [0.15, 0.2) is 24.3 Å². The molecule has 3 rings (SSSR count). The Morgan fingerprint density at radius 3 is 2.48 bits per heavy atom. The summed E-state index contributed by atoms with van der Waals surface area (Å²) >= 11 is 0. The third-order valence-electron chi connectivity index (χ3n) is 4.70. The fraction of sp³-hybridized carbons (Fsp3) is 0.529. The van der Waals surface area contributed by atoms with Crippen molar-refractivity contribution in [3.05, 3.63) is 29.8 Å². The second-order valence-electron chi connectivity index (χ2n) is 6.25. The van der Waals surface area contributed by atoms with Crippen LogP contribution in [-0.2, 0) is 16.0 Å². The maximum absolute atomic E-state index is 13.0. The molecule has 1 N–H and O–H groups in total. The molecule has 1 aromatic carbocycles. The first-order valence-electron chi connectivity index (χ1n) is 7.76. The minimum absolute atomic E-state index is 0.0228. The molecule has 0 radical (unpaired) electrons. The number of nitrogens with zero attached hydrogens (tertiary/aromatic N) is 1. The van der Waals surface area contributed by atoms with Gasteiger partial charge in [-0.3, -0.25) is 9.59 Å². The van der Waals surface area contributed by atoms with Crippen molar-refractivity contribution < 1.29 is 9.59 Å². The first-order valence-corrected chi connectivity index (χ1v) is 7.76. The summed E-state index contributed by atoms with van der Waals surface area (Å²) in [5.74, 6) is 0.287. The fourth-order valence-electron chi connectivity index (χ4n) is 3.10. The third-order valence-corrected chi connectivity index (χ3v) is 4.70. The maximum Gasteiger partial charge on any atom is 0.252 e. The molecule has 4 heteroatoms. The Kier molecular flexibility index (Phi) is 3.47. The minimum atomic E-state index is -0.739. The Morgan fingerprint density at radius 2 is 1.90 bits per heavy atom. The number of carbonyl (C=O) groups is 2. The maximum atomic E-state index is 13.0. The number of anilines is 1. The van der Waals surface area contributed by atoms with Gasteiger partial charge in [-0.05, 0) is 49.8 Å². The van der Waals surface area contributed by atoms with Crippen LogP contribution in [0.25, 0.3) is 0 Å². The molecule has 1 aromatic rings. The van der Waals surface area contributed by atoms with E-state index in [1.165, 1.54) is 5.56 Å². The van der Waals surface area contributed by atoms with Crippen molar-refractivity contribution in [2.24, 2.45) is 5.92 Å². The van der Waals surface area contributed by atoms with Crippen molar-refractivity contribution in [1.82, 2.24) is 5.32 Å². The van der Waals surface area contributed by atoms with Gasteiger partial charge in [-0.1, -0.05) is 19.1 Å². The van der Waals surface area contributed by atoms with Gasteiger partial charge < -0.3 is 10.2 Å². The fourth-order valence-corrected chi connectivity index (χ4v) is 3.10.